The van der Waals surface area contributed by atoms with Crippen molar-refractivity contribution in [3.05, 3.63) is 23.8 Å². The lowest BCUT2D eigenvalue weighted by Crippen LogP contribution is -2.40. The number of carbonyl (C=O) groups excluding carboxylic acids is 1. The van der Waals surface area contributed by atoms with E-state index in [1.54, 1.807) is 7.05 Å². The van der Waals surface area contributed by atoms with Gasteiger partial charge in [0.15, 0.2) is 9.84 Å². The molecule has 1 aromatic carbocycles. The van der Waals surface area contributed by atoms with E-state index in [9.17, 15) is 13.2 Å². The first kappa shape index (κ1) is 18.6. The minimum atomic E-state index is -2.92. The molecular weight excluding hydrogens is 328 g/mol. The zero-order valence-electron chi connectivity index (χ0n) is 15.0. The number of aryl methyl sites for hydroxylation is 1. The topological polar surface area (TPSA) is 66.9 Å². The number of carbonyl (C=O) groups is 1. The van der Waals surface area contributed by atoms with Crippen molar-refractivity contribution in [2.24, 2.45) is 0 Å². The average Bonchev–Trinajstić information content (AvgIpc) is 2.43. The highest BCUT2D eigenvalue weighted by atomic mass is 32.2. The van der Waals surface area contributed by atoms with Crippen molar-refractivity contribution in [3.8, 4) is 0 Å². The number of amides is 1. The maximum Gasteiger partial charge on any atom is 0.414 e. The van der Waals surface area contributed by atoms with Crippen LogP contribution in [0.3, 0.4) is 0 Å². The number of hydrogen-bond donors (Lipinski definition) is 0. The summed E-state index contributed by atoms with van der Waals surface area (Å²) in [6.45, 7) is 8.39. The van der Waals surface area contributed by atoms with Crippen LogP contribution in [0.1, 0.15) is 26.3 Å². The van der Waals surface area contributed by atoms with Crippen LogP contribution in [0.15, 0.2) is 18.2 Å². The molecule has 0 aromatic heterocycles. The van der Waals surface area contributed by atoms with Gasteiger partial charge in [-0.05, 0) is 51.5 Å². The van der Waals surface area contributed by atoms with Crippen LogP contribution in [0.2, 0.25) is 0 Å². The molecule has 0 spiro atoms. The van der Waals surface area contributed by atoms with Gasteiger partial charge in [-0.15, -0.1) is 0 Å². The average molecular weight is 354 g/mol. The molecule has 0 unspecified atom stereocenters. The van der Waals surface area contributed by atoms with E-state index in [1.165, 1.54) is 4.90 Å². The Labute approximate surface area is 144 Å². The second kappa shape index (κ2) is 6.63. The van der Waals surface area contributed by atoms with Crippen LogP contribution in [-0.4, -0.2) is 51.8 Å². The molecule has 7 heteroatoms. The third-order valence-corrected chi connectivity index (χ3v) is 5.42. The molecule has 0 saturated carbocycles. The smallest absolute Gasteiger partial charge is 0.414 e. The summed E-state index contributed by atoms with van der Waals surface area (Å²) in [5.41, 5.74) is 2.11. The zero-order chi connectivity index (χ0) is 18.1. The summed E-state index contributed by atoms with van der Waals surface area (Å²) >= 11 is 0. The Morgan fingerprint density at radius 2 is 1.75 bits per heavy atom. The SMILES string of the molecule is Cc1cc(N2CCS(=O)(=O)CC2)cc(N(C)C(=O)OC(C)(C)C)c1. The van der Waals surface area contributed by atoms with E-state index in [4.69, 9.17) is 4.74 Å². The predicted octanol–water partition coefficient (Wildman–Crippen LogP) is 2.60. The van der Waals surface area contributed by atoms with Gasteiger partial charge in [0.2, 0.25) is 0 Å². The Bertz CT molecular complexity index is 709. The highest BCUT2D eigenvalue weighted by Crippen LogP contribution is 2.26. The van der Waals surface area contributed by atoms with E-state index in [0.717, 1.165) is 16.9 Å². The number of anilines is 2. The fourth-order valence-corrected chi connectivity index (χ4v) is 3.73. The Kier molecular flexibility index (Phi) is 5.13. The summed E-state index contributed by atoms with van der Waals surface area (Å²) in [5, 5.41) is 0. The summed E-state index contributed by atoms with van der Waals surface area (Å²) < 4.78 is 28.6. The molecule has 1 aliphatic rings. The molecular formula is C17H26N2O4S. The predicted molar refractivity (Wildman–Crippen MR) is 96.7 cm³/mol. The monoisotopic (exact) mass is 354 g/mol. The number of benzene rings is 1. The maximum atomic E-state index is 12.3. The first-order valence-electron chi connectivity index (χ1n) is 8.01. The van der Waals surface area contributed by atoms with E-state index in [2.05, 4.69) is 0 Å². The standard InChI is InChI=1S/C17H26N2O4S/c1-13-10-14(18(5)16(20)23-17(2,3)4)12-15(11-13)19-6-8-24(21,22)9-7-19/h10-12H,6-9H2,1-5H3. The molecule has 1 aliphatic heterocycles. The number of hydrogen-bond acceptors (Lipinski definition) is 5. The fourth-order valence-electron chi connectivity index (χ4n) is 2.53. The van der Waals surface area contributed by atoms with Crippen molar-refractivity contribution < 1.29 is 17.9 Å². The van der Waals surface area contributed by atoms with Gasteiger partial charge in [0.25, 0.3) is 0 Å². The lowest BCUT2D eigenvalue weighted by Gasteiger charge is -2.30. The molecule has 1 fully saturated rings. The van der Waals surface area contributed by atoms with Crippen molar-refractivity contribution in [3.63, 3.8) is 0 Å². The van der Waals surface area contributed by atoms with Crippen LogP contribution in [0, 0.1) is 6.92 Å². The Morgan fingerprint density at radius 1 is 1.17 bits per heavy atom. The molecule has 1 saturated heterocycles. The molecule has 0 atom stereocenters. The van der Waals surface area contributed by atoms with Gasteiger partial charge in [0.1, 0.15) is 5.60 Å². The van der Waals surface area contributed by atoms with Crippen molar-refractivity contribution >= 4 is 27.3 Å². The van der Waals surface area contributed by atoms with Gasteiger partial charge in [0, 0.05) is 31.5 Å². The third-order valence-electron chi connectivity index (χ3n) is 3.81. The summed E-state index contributed by atoms with van der Waals surface area (Å²) in [4.78, 5) is 15.8. The van der Waals surface area contributed by atoms with Crippen molar-refractivity contribution in [1.82, 2.24) is 0 Å². The second-order valence-electron chi connectivity index (χ2n) is 7.20. The normalized spacial score (nSPS) is 17.5. The molecule has 24 heavy (non-hydrogen) atoms. The number of ether oxygens (including phenoxy) is 1. The minimum absolute atomic E-state index is 0.165. The Hall–Kier alpha value is -1.76. The van der Waals surface area contributed by atoms with Crippen LogP contribution in [-0.2, 0) is 14.6 Å². The first-order chi connectivity index (χ1) is 11.0. The molecule has 134 valence electrons. The van der Waals surface area contributed by atoms with Gasteiger partial charge >= 0.3 is 6.09 Å². The molecule has 1 aromatic rings. The van der Waals surface area contributed by atoms with E-state index in [-0.39, 0.29) is 11.5 Å². The Morgan fingerprint density at radius 3 is 2.29 bits per heavy atom. The molecule has 0 radical (unpaired) electrons. The Balaban J connectivity index is 2.21. The van der Waals surface area contributed by atoms with Crippen LogP contribution >= 0.6 is 0 Å². The van der Waals surface area contributed by atoms with Gasteiger partial charge in [-0.25, -0.2) is 13.2 Å². The van der Waals surface area contributed by atoms with Gasteiger partial charge in [-0.2, -0.15) is 0 Å². The van der Waals surface area contributed by atoms with E-state index in [0.29, 0.717) is 13.1 Å². The van der Waals surface area contributed by atoms with E-state index in [1.807, 2.05) is 50.8 Å². The molecule has 0 bridgehead atoms. The largest absolute Gasteiger partial charge is 0.443 e. The van der Waals surface area contributed by atoms with Crippen LogP contribution < -0.4 is 9.80 Å². The third kappa shape index (κ3) is 4.87. The van der Waals surface area contributed by atoms with Crippen LogP contribution in [0.4, 0.5) is 16.2 Å². The van der Waals surface area contributed by atoms with Gasteiger partial charge in [-0.1, -0.05) is 0 Å². The van der Waals surface area contributed by atoms with Crippen LogP contribution in [0.25, 0.3) is 0 Å². The lowest BCUT2D eigenvalue weighted by molar-refractivity contribution is 0.0589. The molecule has 1 heterocycles. The summed E-state index contributed by atoms with van der Waals surface area (Å²) in [5.74, 6) is 0.330. The summed E-state index contributed by atoms with van der Waals surface area (Å²) in [7, 11) is -1.25. The maximum absolute atomic E-state index is 12.3. The number of rotatable bonds is 2. The van der Waals surface area contributed by atoms with E-state index >= 15 is 0 Å². The number of sulfone groups is 1. The van der Waals surface area contributed by atoms with Crippen molar-refractivity contribution in [2.75, 3.05) is 41.4 Å². The number of nitrogens with zero attached hydrogens (tertiary/aromatic N) is 2. The van der Waals surface area contributed by atoms with Gasteiger partial charge in [0.05, 0.1) is 11.5 Å². The van der Waals surface area contributed by atoms with Crippen molar-refractivity contribution in [1.29, 1.82) is 0 Å². The highest BCUT2D eigenvalue weighted by Gasteiger charge is 2.24. The van der Waals surface area contributed by atoms with E-state index < -0.39 is 21.5 Å². The molecule has 2 rings (SSSR count). The summed E-state index contributed by atoms with van der Waals surface area (Å²) in [6.07, 6.45) is -0.416. The van der Waals surface area contributed by atoms with Crippen LogP contribution in [0.5, 0.6) is 0 Å². The quantitative estimate of drug-likeness (QED) is 0.817. The molecule has 6 nitrogen and oxygen atoms in total. The molecule has 0 aliphatic carbocycles. The minimum Gasteiger partial charge on any atom is -0.443 e. The first-order valence-corrected chi connectivity index (χ1v) is 9.83. The van der Waals surface area contributed by atoms with Crippen molar-refractivity contribution in [2.45, 2.75) is 33.3 Å². The summed E-state index contributed by atoms with van der Waals surface area (Å²) in [6, 6.07) is 5.81. The second-order valence-corrected chi connectivity index (χ2v) is 9.51. The lowest BCUT2D eigenvalue weighted by atomic mass is 10.1. The van der Waals surface area contributed by atoms with Gasteiger partial charge in [-0.3, -0.25) is 4.90 Å². The van der Waals surface area contributed by atoms with Gasteiger partial charge < -0.3 is 9.64 Å². The zero-order valence-corrected chi connectivity index (χ0v) is 15.8. The molecule has 0 N–H and O–H groups in total. The fraction of sp³-hybridized carbons (Fsp3) is 0.588. The highest BCUT2D eigenvalue weighted by molar-refractivity contribution is 7.91. The molecule has 1 amide bonds.